The van der Waals surface area contributed by atoms with Gasteiger partial charge in [0.2, 0.25) is 0 Å². The number of halogens is 1. The van der Waals surface area contributed by atoms with E-state index in [2.05, 4.69) is 5.32 Å². The van der Waals surface area contributed by atoms with Gasteiger partial charge in [-0.15, -0.1) is 0 Å². The third-order valence-electron chi connectivity index (χ3n) is 6.75. The molecule has 188 valence electrons. The van der Waals surface area contributed by atoms with Crippen molar-refractivity contribution in [2.45, 2.75) is 64.9 Å². The molecule has 0 saturated carbocycles. The Morgan fingerprint density at radius 2 is 1.69 bits per heavy atom. The number of nitrogens with one attached hydrogen (secondary N) is 1. The number of benzene rings is 2. The van der Waals surface area contributed by atoms with Gasteiger partial charge in [0.1, 0.15) is 5.75 Å². The first-order chi connectivity index (χ1) is 17.2. The smallest absolute Gasteiger partial charge is 0.337 e. The number of carbonyl (C=O) groups excluding carboxylic acids is 3. The zero-order valence-corrected chi connectivity index (χ0v) is 21.6. The number of Topliss-reactive ketones (excluding diaryl/α,β-unsaturated/α-hetero) is 1. The van der Waals surface area contributed by atoms with Crippen molar-refractivity contribution in [3.05, 3.63) is 87.2 Å². The molecule has 1 N–H and O–H groups in total. The van der Waals surface area contributed by atoms with Gasteiger partial charge in [0.05, 0.1) is 11.7 Å². The van der Waals surface area contributed by atoms with Crippen LogP contribution in [0, 0.1) is 0 Å². The van der Waals surface area contributed by atoms with Gasteiger partial charge in [-0.05, 0) is 68.0 Å². The summed E-state index contributed by atoms with van der Waals surface area (Å²) in [5.74, 6) is -1.05. The molecule has 2 aliphatic rings. The molecular weight excluding hydrogens is 478 g/mol. The molecule has 0 unspecified atom stereocenters. The van der Waals surface area contributed by atoms with Gasteiger partial charge in [0, 0.05) is 41.3 Å². The van der Waals surface area contributed by atoms with Crippen molar-refractivity contribution in [3.63, 3.8) is 0 Å². The van der Waals surface area contributed by atoms with E-state index < -0.39 is 17.9 Å². The molecule has 0 fully saturated rings. The number of ketones is 1. The second-order valence-electron chi connectivity index (χ2n) is 9.36. The van der Waals surface area contributed by atoms with Crippen molar-refractivity contribution in [2.24, 2.45) is 0 Å². The van der Waals surface area contributed by atoms with Crippen molar-refractivity contribution in [1.29, 1.82) is 0 Å². The zero-order valence-electron chi connectivity index (χ0n) is 20.9. The van der Waals surface area contributed by atoms with Crippen molar-refractivity contribution >= 4 is 29.3 Å². The summed E-state index contributed by atoms with van der Waals surface area (Å²) < 4.78 is 10.9. The molecule has 36 heavy (non-hydrogen) atoms. The van der Waals surface area contributed by atoms with Crippen molar-refractivity contribution in [2.75, 3.05) is 0 Å². The lowest BCUT2D eigenvalue weighted by Gasteiger charge is -2.37. The van der Waals surface area contributed by atoms with Crippen molar-refractivity contribution in [3.8, 4) is 5.75 Å². The van der Waals surface area contributed by atoms with E-state index in [1.807, 2.05) is 45.0 Å². The van der Waals surface area contributed by atoms with Gasteiger partial charge in [-0.3, -0.25) is 9.59 Å². The van der Waals surface area contributed by atoms with Crippen molar-refractivity contribution in [1.82, 2.24) is 5.32 Å². The highest BCUT2D eigenvalue weighted by molar-refractivity contribution is 6.30. The highest BCUT2D eigenvalue weighted by Crippen LogP contribution is 2.46. The number of carbonyl (C=O) groups is 3. The molecule has 0 aromatic heterocycles. The third-order valence-corrected chi connectivity index (χ3v) is 7.00. The Morgan fingerprint density at radius 3 is 2.31 bits per heavy atom. The SMILES string of the molecule is CC[C@H](C)OC(=O)C1=C(C)NC2=C(C(=O)C[C@@H](c3ccc(Cl)cc3)C2)[C@@H]1c1ccc(OC(C)=O)cc1. The molecule has 2 aromatic carbocycles. The largest absolute Gasteiger partial charge is 0.459 e. The monoisotopic (exact) mass is 507 g/mol. The van der Waals surface area contributed by atoms with E-state index in [1.165, 1.54) is 6.92 Å². The lowest BCUT2D eigenvalue weighted by molar-refractivity contribution is -0.144. The molecule has 2 aromatic rings. The van der Waals surface area contributed by atoms with Crippen LogP contribution in [0.4, 0.5) is 0 Å². The van der Waals surface area contributed by atoms with Gasteiger partial charge in [-0.1, -0.05) is 42.8 Å². The predicted molar refractivity (Wildman–Crippen MR) is 138 cm³/mol. The fourth-order valence-corrected chi connectivity index (χ4v) is 4.96. The Bertz CT molecular complexity index is 1240. The third kappa shape index (κ3) is 5.39. The number of dihydropyridines is 1. The molecule has 0 amide bonds. The van der Waals surface area contributed by atoms with E-state index in [1.54, 1.807) is 24.3 Å². The number of allylic oxidation sites excluding steroid dienone is 3. The summed E-state index contributed by atoms with van der Waals surface area (Å²) in [4.78, 5) is 38.4. The fourth-order valence-electron chi connectivity index (χ4n) is 4.84. The van der Waals surface area contributed by atoms with Gasteiger partial charge < -0.3 is 14.8 Å². The standard InChI is InChI=1S/C29H30ClNO5/c1-5-16(2)35-29(34)26-17(3)31-24-14-21(19-6-10-22(30)11-7-19)15-25(33)28(24)27(26)20-8-12-23(13-9-20)36-18(4)32/h6-13,16,21,27,31H,5,14-15H2,1-4H3/t16-,21-,27+/m0/s1. The Morgan fingerprint density at radius 1 is 1.06 bits per heavy atom. The maximum atomic E-state index is 13.7. The number of rotatable bonds is 6. The Kier molecular flexibility index (Phi) is 7.65. The quantitative estimate of drug-likeness (QED) is 0.383. The molecule has 0 spiro atoms. The summed E-state index contributed by atoms with van der Waals surface area (Å²) in [6, 6.07) is 14.5. The number of hydrogen-bond donors (Lipinski definition) is 1. The van der Waals surface area contributed by atoms with E-state index in [-0.39, 0.29) is 17.8 Å². The van der Waals surface area contributed by atoms with Crippen LogP contribution in [0.2, 0.25) is 5.02 Å². The van der Waals surface area contributed by atoms with Crippen LogP contribution in [0.1, 0.15) is 69.9 Å². The van der Waals surface area contributed by atoms with E-state index >= 15 is 0 Å². The van der Waals surface area contributed by atoms with Gasteiger partial charge in [-0.25, -0.2) is 4.79 Å². The van der Waals surface area contributed by atoms with Gasteiger partial charge in [0.25, 0.3) is 0 Å². The van der Waals surface area contributed by atoms with Gasteiger partial charge >= 0.3 is 11.9 Å². The zero-order chi connectivity index (χ0) is 26.0. The number of esters is 2. The number of hydrogen-bond acceptors (Lipinski definition) is 6. The summed E-state index contributed by atoms with van der Waals surface area (Å²) in [5.41, 5.74) is 4.30. The summed E-state index contributed by atoms with van der Waals surface area (Å²) in [5, 5.41) is 4.01. The van der Waals surface area contributed by atoms with Gasteiger partial charge in [0.15, 0.2) is 5.78 Å². The van der Waals surface area contributed by atoms with Crippen LogP contribution in [0.5, 0.6) is 5.75 Å². The second kappa shape index (κ2) is 10.7. The summed E-state index contributed by atoms with van der Waals surface area (Å²) in [6.45, 7) is 6.98. The summed E-state index contributed by atoms with van der Waals surface area (Å²) in [7, 11) is 0. The van der Waals surface area contributed by atoms with E-state index in [0.717, 1.165) is 16.8 Å². The minimum absolute atomic E-state index is 0.00873. The van der Waals surface area contributed by atoms with Crippen LogP contribution in [0.3, 0.4) is 0 Å². The molecule has 1 heterocycles. The van der Waals surface area contributed by atoms with Crippen LogP contribution in [0.25, 0.3) is 0 Å². The summed E-state index contributed by atoms with van der Waals surface area (Å²) >= 11 is 6.06. The van der Waals surface area contributed by atoms with Crippen LogP contribution < -0.4 is 10.1 Å². The minimum atomic E-state index is -0.581. The maximum Gasteiger partial charge on any atom is 0.337 e. The molecular formula is C29H30ClNO5. The molecule has 4 rings (SSSR count). The molecule has 0 radical (unpaired) electrons. The molecule has 0 bridgehead atoms. The molecule has 3 atom stereocenters. The molecule has 1 aliphatic carbocycles. The van der Waals surface area contributed by atoms with Crippen molar-refractivity contribution < 1.29 is 23.9 Å². The van der Waals surface area contributed by atoms with E-state index in [9.17, 15) is 14.4 Å². The summed E-state index contributed by atoms with van der Waals surface area (Å²) in [6.07, 6.45) is 1.40. The first kappa shape index (κ1) is 25.7. The minimum Gasteiger partial charge on any atom is -0.459 e. The Labute approximate surface area is 216 Å². The maximum absolute atomic E-state index is 13.7. The lowest BCUT2D eigenvalue weighted by Crippen LogP contribution is -2.36. The Balaban J connectivity index is 1.76. The normalized spacial score (nSPS) is 20.4. The lowest BCUT2D eigenvalue weighted by atomic mass is 9.71. The van der Waals surface area contributed by atoms with E-state index in [0.29, 0.717) is 46.9 Å². The first-order valence-electron chi connectivity index (χ1n) is 12.2. The average Bonchev–Trinajstić information content (AvgIpc) is 2.83. The fraction of sp³-hybridized carbons (Fsp3) is 0.345. The molecule has 1 aliphatic heterocycles. The highest BCUT2D eigenvalue weighted by atomic mass is 35.5. The average molecular weight is 508 g/mol. The predicted octanol–water partition coefficient (Wildman–Crippen LogP) is 5.97. The molecule has 7 heteroatoms. The van der Waals surface area contributed by atoms with E-state index in [4.69, 9.17) is 21.1 Å². The molecule has 6 nitrogen and oxygen atoms in total. The van der Waals surface area contributed by atoms with Crippen LogP contribution in [-0.4, -0.2) is 23.8 Å². The van der Waals surface area contributed by atoms with Crippen LogP contribution in [-0.2, 0) is 19.1 Å². The number of ether oxygens (including phenoxy) is 2. The topological polar surface area (TPSA) is 81.7 Å². The Hall–Kier alpha value is -3.38. The van der Waals surface area contributed by atoms with Crippen LogP contribution >= 0.6 is 11.6 Å². The highest BCUT2D eigenvalue weighted by Gasteiger charge is 2.41. The molecule has 0 saturated heterocycles. The first-order valence-corrected chi connectivity index (χ1v) is 12.5. The van der Waals surface area contributed by atoms with Crippen LogP contribution in [0.15, 0.2) is 71.1 Å². The van der Waals surface area contributed by atoms with Gasteiger partial charge in [-0.2, -0.15) is 0 Å². The second-order valence-corrected chi connectivity index (χ2v) is 9.79.